The van der Waals surface area contributed by atoms with Crippen LogP contribution in [-0.2, 0) is 16.0 Å². The molecule has 0 fully saturated rings. The summed E-state index contributed by atoms with van der Waals surface area (Å²) in [6.07, 6.45) is 1.61. The molecule has 0 aliphatic heterocycles. The standard InChI is InChI=1S/C21H24O4/c1-16(15-25-21(23)18-6-4-3-5-7-18)14-19(22)11-8-17-9-12-20(24-2)13-10-17/h3-7,9-10,12-13,16H,8,11,14-15H2,1-2H3. The van der Waals surface area contributed by atoms with Crippen molar-refractivity contribution in [2.75, 3.05) is 13.7 Å². The van der Waals surface area contributed by atoms with Crippen LogP contribution >= 0.6 is 0 Å². The number of Topliss-reactive ketones (excluding diaryl/α,β-unsaturated/α-hetero) is 1. The molecule has 0 N–H and O–H groups in total. The van der Waals surface area contributed by atoms with E-state index in [9.17, 15) is 9.59 Å². The number of hydrogen-bond donors (Lipinski definition) is 0. The van der Waals surface area contributed by atoms with Crippen molar-refractivity contribution in [1.29, 1.82) is 0 Å². The van der Waals surface area contributed by atoms with Crippen molar-refractivity contribution in [2.45, 2.75) is 26.2 Å². The highest BCUT2D eigenvalue weighted by Crippen LogP contribution is 2.14. The highest BCUT2D eigenvalue weighted by atomic mass is 16.5. The number of ketones is 1. The largest absolute Gasteiger partial charge is 0.497 e. The summed E-state index contributed by atoms with van der Waals surface area (Å²) in [5.41, 5.74) is 1.64. The molecule has 0 aliphatic rings. The van der Waals surface area contributed by atoms with Gasteiger partial charge in [0.15, 0.2) is 0 Å². The normalized spacial score (nSPS) is 11.6. The average molecular weight is 340 g/mol. The number of hydrogen-bond acceptors (Lipinski definition) is 4. The molecular formula is C21H24O4. The first-order valence-electron chi connectivity index (χ1n) is 8.45. The minimum atomic E-state index is -0.349. The fraction of sp³-hybridized carbons (Fsp3) is 0.333. The van der Waals surface area contributed by atoms with E-state index in [1.807, 2.05) is 37.3 Å². The van der Waals surface area contributed by atoms with Gasteiger partial charge in [0.25, 0.3) is 0 Å². The molecule has 0 aromatic heterocycles. The Balaban J connectivity index is 1.69. The highest BCUT2D eigenvalue weighted by molar-refractivity contribution is 5.89. The van der Waals surface area contributed by atoms with E-state index in [1.165, 1.54) is 0 Å². The van der Waals surface area contributed by atoms with E-state index in [2.05, 4.69) is 0 Å². The predicted molar refractivity (Wildman–Crippen MR) is 96.8 cm³/mol. The topological polar surface area (TPSA) is 52.6 Å². The van der Waals surface area contributed by atoms with Crippen molar-refractivity contribution in [2.24, 2.45) is 5.92 Å². The second-order valence-corrected chi connectivity index (χ2v) is 6.16. The summed E-state index contributed by atoms with van der Waals surface area (Å²) >= 11 is 0. The molecule has 2 aromatic carbocycles. The number of carbonyl (C=O) groups is 2. The van der Waals surface area contributed by atoms with Crippen LogP contribution < -0.4 is 4.74 Å². The van der Waals surface area contributed by atoms with Gasteiger partial charge < -0.3 is 9.47 Å². The predicted octanol–water partition coefficient (Wildman–Crippen LogP) is 4.08. The highest BCUT2D eigenvalue weighted by Gasteiger charge is 2.13. The van der Waals surface area contributed by atoms with Crippen LogP contribution in [0.5, 0.6) is 5.75 Å². The molecule has 0 saturated heterocycles. The van der Waals surface area contributed by atoms with Gasteiger partial charge in [-0.3, -0.25) is 4.79 Å². The molecule has 25 heavy (non-hydrogen) atoms. The van der Waals surface area contributed by atoms with E-state index in [0.29, 0.717) is 24.8 Å². The first-order chi connectivity index (χ1) is 12.1. The van der Waals surface area contributed by atoms with E-state index in [-0.39, 0.29) is 24.3 Å². The Morgan fingerprint density at radius 1 is 1.00 bits per heavy atom. The molecule has 0 aliphatic carbocycles. The van der Waals surface area contributed by atoms with Gasteiger partial charge in [-0.1, -0.05) is 37.3 Å². The van der Waals surface area contributed by atoms with Gasteiger partial charge in [0, 0.05) is 12.8 Å². The van der Waals surface area contributed by atoms with Gasteiger partial charge in [-0.05, 0) is 42.2 Å². The molecule has 2 aromatic rings. The van der Waals surface area contributed by atoms with Crippen molar-refractivity contribution in [3.05, 3.63) is 65.7 Å². The summed E-state index contributed by atoms with van der Waals surface area (Å²) in [4.78, 5) is 24.0. The maximum absolute atomic E-state index is 12.1. The van der Waals surface area contributed by atoms with Crippen LogP contribution in [0.15, 0.2) is 54.6 Å². The molecule has 0 amide bonds. The summed E-state index contributed by atoms with van der Waals surface area (Å²) in [7, 11) is 1.63. The van der Waals surface area contributed by atoms with E-state index < -0.39 is 0 Å². The summed E-state index contributed by atoms with van der Waals surface area (Å²) in [5.74, 6) is 0.650. The van der Waals surface area contributed by atoms with Crippen LogP contribution in [-0.4, -0.2) is 25.5 Å². The van der Waals surface area contributed by atoms with Crippen LogP contribution in [0.4, 0.5) is 0 Å². The fourth-order valence-electron chi connectivity index (χ4n) is 2.50. The van der Waals surface area contributed by atoms with Crippen molar-refractivity contribution < 1.29 is 19.1 Å². The molecule has 1 atom stereocenters. The average Bonchev–Trinajstić information content (AvgIpc) is 2.65. The number of carbonyl (C=O) groups excluding carboxylic acids is 2. The molecule has 0 radical (unpaired) electrons. The minimum absolute atomic E-state index is 0.0102. The summed E-state index contributed by atoms with van der Waals surface area (Å²) < 4.78 is 10.4. The van der Waals surface area contributed by atoms with E-state index in [4.69, 9.17) is 9.47 Å². The Bertz CT molecular complexity index is 677. The van der Waals surface area contributed by atoms with E-state index in [1.54, 1.807) is 31.4 Å². The zero-order chi connectivity index (χ0) is 18.1. The van der Waals surface area contributed by atoms with Gasteiger partial charge in [-0.2, -0.15) is 0 Å². The Morgan fingerprint density at radius 2 is 1.68 bits per heavy atom. The SMILES string of the molecule is COc1ccc(CCC(=O)CC(C)COC(=O)c2ccccc2)cc1. The van der Waals surface area contributed by atoms with Crippen LogP contribution in [0.1, 0.15) is 35.7 Å². The zero-order valence-electron chi connectivity index (χ0n) is 14.7. The lowest BCUT2D eigenvalue weighted by Crippen LogP contribution is -2.15. The van der Waals surface area contributed by atoms with Gasteiger partial charge in [-0.15, -0.1) is 0 Å². The molecule has 1 unspecified atom stereocenters. The summed E-state index contributed by atoms with van der Waals surface area (Å²) in [6.45, 7) is 2.17. The first-order valence-corrected chi connectivity index (χ1v) is 8.45. The quantitative estimate of drug-likeness (QED) is 0.646. The Hall–Kier alpha value is -2.62. The van der Waals surface area contributed by atoms with Crippen molar-refractivity contribution in [3.8, 4) is 5.75 Å². The monoisotopic (exact) mass is 340 g/mol. The van der Waals surface area contributed by atoms with Gasteiger partial charge in [0.1, 0.15) is 11.5 Å². The number of esters is 1. The van der Waals surface area contributed by atoms with Gasteiger partial charge in [0.2, 0.25) is 0 Å². The van der Waals surface area contributed by atoms with E-state index >= 15 is 0 Å². The fourth-order valence-corrected chi connectivity index (χ4v) is 2.50. The lowest BCUT2D eigenvalue weighted by atomic mass is 10.0. The third kappa shape index (κ3) is 6.42. The van der Waals surface area contributed by atoms with Crippen LogP contribution in [0, 0.1) is 5.92 Å². The molecule has 4 heteroatoms. The molecule has 0 spiro atoms. The summed E-state index contributed by atoms with van der Waals surface area (Å²) in [6, 6.07) is 16.6. The molecular weight excluding hydrogens is 316 g/mol. The lowest BCUT2D eigenvalue weighted by molar-refractivity contribution is -0.120. The number of ether oxygens (including phenoxy) is 2. The van der Waals surface area contributed by atoms with Crippen molar-refractivity contribution in [1.82, 2.24) is 0 Å². The lowest BCUT2D eigenvalue weighted by Gasteiger charge is -2.11. The van der Waals surface area contributed by atoms with Gasteiger partial charge in [0.05, 0.1) is 19.3 Å². The van der Waals surface area contributed by atoms with Crippen molar-refractivity contribution in [3.63, 3.8) is 0 Å². The second kappa shape index (κ2) is 9.62. The third-order valence-corrected chi connectivity index (χ3v) is 3.94. The Labute approximate surface area is 148 Å². The molecule has 132 valence electrons. The zero-order valence-corrected chi connectivity index (χ0v) is 14.7. The molecule has 0 saturated carbocycles. The smallest absolute Gasteiger partial charge is 0.338 e. The summed E-state index contributed by atoms with van der Waals surface area (Å²) in [5, 5.41) is 0. The molecule has 0 heterocycles. The third-order valence-electron chi connectivity index (χ3n) is 3.94. The van der Waals surface area contributed by atoms with Crippen molar-refractivity contribution >= 4 is 11.8 Å². The number of rotatable bonds is 9. The van der Waals surface area contributed by atoms with Gasteiger partial charge in [-0.25, -0.2) is 4.79 Å². The maximum atomic E-state index is 12.1. The van der Waals surface area contributed by atoms with Gasteiger partial charge >= 0.3 is 5.97 Å². The Kier molecular flexibility index (Phi) is 7.20. The van der Waals surface area contributed by atoms with Crippen LogP contribution in [0.3, 0.4) is 0 Å². The van der Waals surface area contributed by atoms with Crippen LogP contribution in [0.2, 0.25) is 0 Å². The minimum Gasteiger partial charge on any atom is -0.497 e. The van der Waals surface area contributed by atoms with Crippen LogP contribution in [0.25, 0.3) is 0 Å². The maximum Gasteiger partial charge on any atom is 0.338 e. The second-order valence-electron chi connectivity index (χ2n) is 6.16. The first kappa shape index (κ1) is 18.7. The Morgan fingerprint density at radius 3 is 2.32 bits per heavy atom. The number of benzene rings is 2. The molecule has 4 nitrogen and oxygen atoms in total. The number of aryl methyl sites for hydroxylation is 1. The number of methoxy groups -OCH3 is 1. The molecule has 2 rings (SSSR count). The van der Waals surface area contributed by atoms with E-state index in [0.717, 1.165) is 11.3 Å². The molecule has 0 bridgehead atoms.